The van der Waals surface area contributed by atoms with Gasteiger partial charge in [-0.2, -0.15) is 0 Å². The van der Waals surface area contributed by atoms with E-state index >= 15 is 0 Å². The van der Waals surface area contributed by atoms with Crippen LogP contribution < -0.4 is 4.74 Å². The molecule has 4 heteroatoms. The van der Waals surface area contributed by atoms with Gasteiger partial charge in [0.2, 0.25) is 0 Å². The molecule has 11 heavy (non-hydrogen) atoms. The third kappa shape index (κ3) is 2.16. The molecule has 0 spiro atoms. The molecule has 0 saturated heterocycles. The second kappa shape index (κ2) is 3.30. The minimum Gasteiger partial charge on any atom is -0.426 e. The van der Waals surface area contributed by atoms with E-state index in [1.54, 1.807) is 5.38 Å². The maximum Gasteiger partial charge on any atom is 0.308 e. The Balaban J connectivity index is 2.72. The zero-order valence-corrected chi connectivity index (χ0v) is 6.68. The Hall–Kier alpha value is -1.16. The number of esters is 1. The van der Waals surface area contributed by atoms with Gasteiger partial charge in [0.1, 0.15) is 5.75 Å². The van der Waals surface area contributed by atoms with Crippen LogP contribution in [0.15, 0.2) is 11.4 Å². The smallest absolute Gasteiger partial charge is 0.308 e. The average Bonchev–Trinajstić information content (AvgIpc) is 2.34. The average molecular weight is 170 g/mol. The maximum atomic E-state index is 10.4. The summed E-state index contributed by atoms with van der Waals surface area (Å²) >= 11 is 1.25. The lowest BCUT2D eigenvalue weighted by Gasteiger charge is -1.92. The number of rotatable bonds is 2. The van der Waals surface area contributed by atoms with Gasteiger partial charge in [0, 0.05) is 18.4 Å². The normalized spacial score (nSPS) is 9.18. The van der Waals surface area contributed by atoms with Crippen molar-refractivity contribution in [1.29, 1.82) is 0 Å². The second-order valence-electron chi connectivity index (χ2n) is 1.90. The summed E-state index contributed by atoms with van der Waals surface area (Å²) in [6, 6.07) is 1.53. The number of hydrogen-bond donors (Lipinski definition) is 0. The Morgan fingerprint density at radius 1 is 1.73 bits per heavy atom. The SMILES string of the molecule is CC(=O)Oc1csc(C=O)c1. The highest BCUT2D eigenvalue weighted by Gasteiger charge is 2.00. The number of ether oxygens (including phenoxy) is 1. The summed E-state index contributed by atoms with van der Waals surface area (Å²) in [5, 5.41) is 1.62. The van der Waals surface area contributed by atoms with Gasteiger partial charge in [-0.3, -0.25) is 9.59 Å². The molecule has 0 bridgehead atoms. The lowest BCUT2D eigenvalue weighted by molar-refractivity contribution is -0.131. The summed E-state index contributed by atoms with van der Waals surface area (Å²) < 4.78 is 4.71. The molecule has 3 nitrogen and oxygen atoms in total. The Morgan fingerprint density at radius 3 is 2.91 bits per heavy atom. The van der Waals surface area contributed by atoms with Crippen molar-refractivity contribution in [2.45, 2.75) is 6.92 Å². The van der Waals surface area contributed by atoms with E-state index in [4.69, 9.17) is 4.74 Å². The highest BCUT2D eigenvalue weighted by molar-refractivity contribution is 7.11. The van der Waals surface area contributed by atoms with E-state index in [-0.39, 0.29) is 5.97 Å². The molecule has 0 fully saturated rings. The first-order valence-corrected chi connectivity index (χ1v) is 3.82. The molecule has 0 amide bonds. The van der Waals surface area contributed by atoms with Crippen LogP contribution >= 0.6 is 11.3 Å². The van der Waals surface area contributed by atoms with E-state index in [0.29, 0.717) is 10.6 Å². The third-order valence-electron chi connectivity index (χ3n) is 0.973. The molecule has 0 unspecified atom stereocenters. The molecule has 0 aliphatic heterocycles. The second-order valence-corrected chi connectivity index (χ2v) is 2.84. The first-order valence-electron chi connectivity index (χ1n) is 2.94. The summed E-state index contributed by atoms with van der Waals surface area (Å²) in [4.78, 5) is 21.1. The van der Waals surface area contributed by atoms with Crippen molar-refractivity contribution in [3.05, 3.63) is 16.3 Å². The van der Waals surface area contributed by atoms with Crippen molar-refractivity contribution < 1.29 is 14.3 Å². The van der Waals surface area contributed by atoms with Crippen LogP contribution in [0.25, 0.3) is 0 Å². The fraction of sp³-hybridized carbons (Fsp3) is 0.143. The molecule has 0 aliphatic carbocycles. The topological polar surface area (TPSA) is 43.4 Å². The van der Waals surface area contributed by atoms with Crippen molar-refractivity contribution in [3.8, 4) is 5.75 Å². The summed E-state index contributed by atoms with van der Waals surface area (Å²) in [6.07, 6.45) is 0.720. The first kappa shape index (κ1) is 7.94. The highest BCUT2D eigenvalue weighted by atomic mass is 32.1. The number of aldehydes is 1. The van der Waals surface area contributed by atoms with Crippen molar-refractivity contribution in [2.75, 3.05) is 0 Å². The molecule has 0 aliphatic rings. The zero-order valence-electron chi connectivity index (χ0n) is 5.87. The number of carbonyl (C=O) groups excluding carboxylic acids is 2. The molecule has 0 atom stereocenters. The van der Waals surface area contributed by atoms with Crippen LogP contribution in [0, 0.1) is 0 Å². The van der Waals surface area contributed by atoms with E-state index < -0.39 is 0 Å². The Labute approximate surface area is 67.6 Å². The first-order chi connectivity index (χ1) is 5.22. The molecule has 58 valence electrons. The van der Waals surface area contributed by atoms with E-state index in [2.05, 4.69) is 0 Å². The Kier molecular flexibility index (Phi) is 2.38. The molecule has 0 saturated carbocycles. The van der Waals surface area contributed by atoms with Crippen molar-refractivity contribution in [3.63, 3.8) is 0 Å². The molecule has 1 rings (SSSR count). The zero-order chi connectivity index (χ0) is 8.27. The predicted molar refractivity (Wildman–Crippen MR) is 41.0 cm³/mol. The molecular formula is C7H6O3S. The Bertz CT molecular complexity index is 277. The summed E-state index contributed by atoms with van der Waals surface area (Å²) in [5.74, 6) is 0.0600. The lowest BCUT2D eigenvalue weighted by atomic mass is 10.5. The van der Waals surface area contributed by atoms with Crippen LogP contribution in [0.3, 0.4) is 0 Å². The fourth-order valence-electron chi connectivity index (χ4n) is 0.616. The number of thiophene rings is 1. The van der Waals surface area contributed by atoms with Gasteiger partial charge in [-0.05, 0) is 0 Å². The van der Waals surface area contributed by atoms with Crippen molar-refractivity contribution in [1.82, 2.24) is 0 Å². The van der Waals surface area contributed by atoms with Crippen LogP contribution in [0.2, 0.25) is 0 Å². The molecule has 0 radical (unpaired) electrons. The van der Waals surface area contributed by atoms with Gasteiger partial charge < -0.3 is 4.74 Å². The van der Waals surface area contributed by atoms with E-state index in [9.17, 15) is 9.59 Å². The molecule has 1 aromatic rings. The van der Waals surface area contributed by atoms with Gasteiger partial charge in [0.25, 0.3) is 0 Å². The molecule has 0 aromatic carbocycles. The predicted octanol–water partition coefficient (Wildman–Crippen LogP) is 1.49. The monoisotopic (exact) mass is 170 g/mol. The van der Waals surface area contributed by atoms with Crippen molar-refractivity contribution >= 4 is 23.6 Å². The fourth-order valence-corrected chi connectivity index (χ4v) is 1.22. The van der Waals surface area contributed by atoms with Gasteiger partial charge >= 0.3 is 5.97 Å². The minimum absolute atomic E-state index is 0.375. The van der Waals surface area contributed by atoms with Crippen molar-refractivity contribution in [2.24, 2.45) is 0 Å². The third-order valence-corrected chi connectivity index (χ3v) is 1.81. The molecule has 1 heterocycles. The maximum absolute atomic E-state index is 10.4. The van der Waals surface area contributed by atoms with E-state index in [1.165, 1.54) is 24.3 Å². The number of carbonyl (C=O) groups is 2. The quantitative estimate of drug-likeness (QED) is 0.498. The lowest BCUT2D eigenvalue weighted by Crippen LogP contribution is -1.99. The summed E-state index contributed by atoms with van der Waals surface area (Å²) in [5.41, 5.74) is 0. The molecule has 0 N–H and O–H groups in total. The van der Waals surface area contributed by atoms with E-state index in [0.717, 1.165) is 6.29 Å². The van der Waals surface area contributed by atoms with Gasteiger partial charge in [-0.25, -0.2) is 0 Å². The Morgan fingerprint density at radius 2 is 2.45 bits per heavy atom. The van der Waals surface area contributed by atoms with E-state index in [1.807, 2.05) is 0 Å². The number of hydrogen-bond acceptors (Lipinski definition) is 4. The van der Waals surface area contributed by atoms with Gasteiger partial charge in [-0.1, -0.05) is 0 Å². The molecule has 1 aromatic heterocycles. The van der Waals surface area contributed by atoms with Crippen LogP contribution in [-0.4, -0.2) is 12.3 Å². The van der Waals surface area contributed by atoms with Gasteiger partial charge in [0.05, 0.1) is 4.88 Å². The molecular weight excluding hydrogens is 164 g/mol. The van der Waals surface area contributed by atoms with Crippen LogP contribution in [0.4, 0.5) is 0 Å². The summed E-state index contributed by atoms with van der Waals surface area (Å²) in [7, 11) is 0. The van der Waals surface area contributed by atoms with Crippen LogP contribution in [-0.2, 0) is 4.79 Å². The standard InChI is InChI=1S/C7H6O3S/c1-5(9)10-6-2-7(3-8)11-4-6/h2-4H,1H3. The highest BCUT2D eigenvalue weighted by Crippen LogP contribution is 2.19. The van der Waals surface area contributed by atoms with Gasteiger partial charge in [0.15, 0.2) is 6.29 Å². The summed E-state index contributed by atoms with van der Waals surface area (Å²) in [6.45, 7) is 1.32. The minimum atomic E-state index is -0.375. The van der Waals surface area contributed by atoms with Crippen LogP contribution in [0.1, 0.15) is 16.6 Å². The van der Waals surface area contributed by atoms with Crippen LogP contribution in [0.5, 0.6) is 5.75 Å². The van der Waals surface area contributed by atoms with Gasteiger partial charge in [-0.15, -0.1) is 11.3 Å². The largest absolute Gasteiger partial charge is 0.426 e.